The highest BCUT2D eigenvalue weighted by atomic mass is 16.5. The van der Waals surface area contributed by atoms with Crippen LogP contribution in [0.2, 0.25) is 0 Å². The third kappa shape index (κ3) is 8.63. The molecule has 0 aliphatic rings. The number of aromatic nitrogens is 2. The van der Waals surface area contributed by atoms with E-state index in [4.69, 9.17) is 23.9 Å². The van der Waals surface area contributed by atoms with Gasteiger partial charge in [0.1, 0.15) is 34.3 Å². The summed E-state index contributed by atoms with van der Waals surface area (Å²) in [7, 11) is 1.65. The molecule has 0 saturated carbocycles. The number of nitrogens with one attached hydrogen (secondary N) is 1. The smallest absolute Gasteiger partial charge is 0.150 e. The Kier molecular flexibility index (Phi) is 11.9. The van der Waals surface area contributed by atoms with E-state index >= 15 is 0 Å². The number of benzene rings is 3. The van der Waals surface area contributed by atoms with Crippen LogP contribution in [0.3, 0.4) is 0 Å². The Morgan fingerprint density at radius 2 is 1.33 bits per heavy atom. The van der Waals surface area contributed by atoms with Crippen LogP contribution in [0.25, 0.3) is 22.4 Å². The van der Waals surface area contributed by atoms with Gasteiger partial charge in [-0.1, -0.05) is 39.8 Å². The Balaban J connectivity index is 1.53. The maximum Gasteiger partial charge on any atom is 0.150 e. The van der Waals surface area contributed by atoms with E-state index in [0.29, 0.717) is 13.2 Å². The molecule has 226 valence electrons. The number of ether oxygens (including phenoxy) is 4. The molecule has 1 N–H and O–H groups in total. The second kappa shape index (κ2) is 16.0. The number of nitrogens with zero attached hydrogens (tertiary/aromatic N) is 3. The summed E-state index contributed by atoms with van der Waals surface area (Å²) in [4.78, 5) is 13.3. The molecule has 0 atom stereocenters. The molecule has 4 rings (SSSR count). The third-order valence-electron chi connectivity index (χ3n) is 7.48. The zero-order valence-electron chi connectivity index (χ0n) is 25.8. The highest BCUT2D eigenvalue weighted by Gasteiger charge is 2.14. The number of hydrogen-bond acceptors (Lipinski definition) is 7. The van der Waals surface area contributed by atoms with Crippen molar-refractivity contribution in [3.63, 3.8) is 0 Å². The van der Waals surface area contributed by atoms with E-state index < -0.39 is 0 Å². The van der Waals surface area contributed by atoms with Gasteiger partial charge in [0.15, 0.2) is 5.75 Å². The molecule has 8 nitrogen and oxygen atoms in total. The van der Waals surface area contributed by atoms with Crippen molar-refractivity contribution in [3.8, 4) is 40.1 Å². The molecule has 42 heavy (non-hydrogen) atoms. The fourth-order valence-electron chi connectivity index (χ4n) is 4.91. The minimum atomic E-state index is 0.615. The molecule has 0 aliphatic carbocycles. The lowest BCUT2D eigenvalue weighted by Gasteiger charge is -2.18. The van der Waals surface area contributed by atoms with Crippen molar-refractivity contribution in [2.24, 2.45) is 0 Å². The van der Waals surface area contributed by atoms with Gasteiger partial charge in [-0.15, -0.1) is 0 Å². The second-order valence-corrected chi connectivity index (χ2v) is 10.2. The normalized spacial score (nSPS) is 11.4. The topological polar surface area (TPSA) is 72.1 Å². The summed E-state index contributed by atoms with van der Waals surface area (Å²) in [6.45, 7) is 16.3. The van der Waals surface area contributed by atoms with Crippen LogP contribution in [-0.2, 0) is 0 Å². The first kappa shape index (κ1) is 31.2. The van der Waals surface area contributed by atoms with E-state index in [1.807, 2.05) is 60.7 Å². The average molecular weight is 575 g/mol. The highest BCUT2D eigenvalue weighted by molar-refractivity contribution is 5.86. The number of hydrogen-bond donors (Lipinski definition) is 1. The number of aromatic amines is 1. The quantitative estimate of drug-likeness (QED) is 0.126. The van der Waals surface area contributed by atoms with Gasteiger partial charge in [0.2, 0.25) is 0 Å². The van der Waals surface area contributed by atoms with Crippen molar-refractivity contribution >= 4 is 11.0 Å². The van der Waals surface area contributed by atoms with Crippen molar-refractivity contribution in [2.75, 3.05) is 59.6 Å². The zero-order chi connectivity index (χ0) is 29.7. The van der Waals surface area contributed by atoms with Crippen molar-refractivity contribution in [2.45, 2.75) is 40.5 Å². The van der Waals surface area contributed by atoms with Gasteiger partial charge in [-0.3, -0.25) is 0 Å². The van der Waals surface area contributed by atoms with Gasteiger partial charge in [0.05, 0.1) is 25.8 Å². The van der Waals surface area contributed by atoms with Gasteiger partial charge in [-0.05, 0) is 75.4 Å². The van der Waals surface area contributed by atoms with Crippen LogP contribution in [0.1, 0.15) is 40.5 Å². The first-order chi connectivity index (χ1) is 20.6. The fraction of sp³-hybridized carbons (Fsp3) is 0.441. The van der Waals surface area contributed by atoms with Crippen LogP contribution in [0, 0.1) is 0 Å². The zero-order valence-corrected chi connectivity index (χ0v) is 25.8. The molecule has 0 aliphatic heterocycles. The van der Waals surface area contributed by atoms with Gasteiger partial charge in [0.25, 0.3) is 0 Å². The Bertz CT molecular complexity index is 1360. The van der Waals surface area contributed by atoms with Crippen molar-refractivity contribution in [1.29, 1.82) is 0 Å². The molecule has 0 radical (unpaired) electrons. The molecule has 0 bridgehead atoms. The third-order valence-corrected chi connectivity index (χ3v) is 7.48. The van der Waals surface area contributed by atoms with Crippen LogP contribution in [0.15, 0.2) is 60.7 Å². The molecule has 0 unspecified atom stereocenters. The molecular weight excluding hydrogens is 528 g/mol. The average Bonchev–Trinajstić information content (AvgIpc) is 3.46. The Morgan fingerprint density at radius 1 is 0.690 bits per heavy atom. The summed E-state index contributed by atoms with van der Waals surface area (Å²) in [5.41, 5.74) is 2.60. The van der Waals surface area contributed by atoms with Gasteiger partial charge < -0.3 is 33.7 Å². The van der Waals surface area contributed by atoms with Gasteiger partial charge in [-0.25, -0.2) is 4.98 Å². The summed E-state index contributed by atoms with van der Waals surface area (Å²) in [6.07, 6.45) is 1.91. The minimum Gasteiger partial charge on any atom is -0.497 e. The Morgan fingerprint density at radius 3 is 1.98 bits per heavy atom. The highest BCUT2D eigenvalue weighted by Crippen LogP contribution is 2.34. The first-order valence-electron chi connectivity index (χ1n) is 15.2. The molecule has 4 aromatic rings. The van der Waals surface area contributed by atoms with E-state index in [2.05, 4.69) is 42.5 Å². The molecule has 0 spiro atoms. The number of fused-ring (bicyclic) bond motifs is 1. The number of rotatable bonds is 18. The molecular formula is C34H46N4O4. The van der Waals surface area contributed by atoms with E-state index in [-0.39, 0.29) is 0 Å². The molecule has 1 heterocycles. The fourth-order valence-corrected chi connectivity index (χ4v) is 4.91. The van der Waals surface area contributed by atoms with E-state index in [0.717, 1.165) is 103 Å². The van der Waals surface area contributed by atoms with Crippen LogP contribution in [0.5, 0.6) is 28.7 Å². The predicted molar refractivity (Wildman–Crippen MR) is 170 cm³/mol. The molecule has 1 aromatic heterocycles. The minimum absolute atomic E-state index is 0.615. The Labute approximate surface area is 250 Å². The van der Waals surface area contributed by atoms with Gasteiger partial charge >= 0.3 is 0 Å². The van der Waals surface area contributed by atoms with Gasteiger partial charge in [0, 0.05) is 30.8 Å². The monoisotopic (exact) mass is 574 g/mol. The van der Waals surface area contributed by atoms with Gasteiger partial charge in [-0.2, -0.15) is 0 Å². The summed E-state index contributed by atoms with van der Waals surface area (Å²) >= 11 is 0. The van der Waals surface area contributed by atoms with E-state index in [9.17, 15) is 0 Å². The van der Waals surface area contributed by atoms with Crippen LogP contribution < -0.4 is 18.9 Å². The SMILES string of the molecule is CCN(CC)CCCOc1cc(OCCCN(CC)CC)c2nc(-c3cccc(Oc4ccc(OC)cc4)c3)[nH]c2c1. The van der Waals surface area contributed by atoms with Crippen LogP contribution >= 0.6 is 0 Å². The Hall–Kier alpha value is -3.75. The van der Waals surface area contributed by atoms with Crippen molar-refractivity contribution < 1.29 is 18.9 Å². The lowest BCUT2D eigenvalue weighted by atomic mass is 10.2. The summed E-state index contributed by atoms with van der Waals surface area (Å²) in [5, 5.41) is 0. The van der Waals surface area contributed by atoms with Crippen LogP contribution in [-0.4, -0.2) is 79.4 Å². The number of methoxy groups -OCH3 is 1. The summed E-state index contributed by atoms with van der Waals surface area (Å²) < 4.78 is 23.9. The largest absolute Gasteiger partial charge is 0.497 e. The van der Waals surface area contributed by atoms with Crippen molar-refractivity contribution in [1.82, 2.24) is 19.8 Å². The lowest BCUT2D eigenvalue weighted by molar-refractivity contribution is 0.243. The maximum absolute atomic E-state index is 6.32. The first-order valence-corrected chi connectivity index (χ1v) is 15.2. The summed E-state index contributed by atoms with van der Waals surface area (Å²) in [6, 6.07) is 19.4. The predicted octanol–water partition coefficient (Wildman–Crippen LogP) is 7.25. The standard InChI is InChI=1S/C34H46N4O4/c1-6-37(7-2)19-11-21-40-30-24-31-33(32(25-30)41-22-12-20-38(8-3)9-4)36-34(35-31)26-13-10-14-29(23-26)42-28-17-15-27(39-5)16-18-28/h10,13-18,23-25H,6-9,11-12,19-22H2,1-5H3,(H,35,36). The van der Waals surface area contributed by atoms with Crippen molar-refractivity contribution in [3.05, 3.63) is 60.7 Å². The number of imidazole rings is 1. The molecule has 0 saturated heterocycles. The lowest BCUT2D eigenvalue weighted by Crippen LogP contribution is -2.25. The second-order valence-electron chi connectivity index (χ2n) is 10.2. The summed E-state index contributed by atoms with van der Waals surface area (Å²) in [5.74, 6) is 4.52. The van der Waals surface area contributed by atoms with E-state index in [1.54, 1.807) is 7.11 Å². The number of H-pyrrole nitrogens is 1. The molecule has 0 fully saturated rings. The molecule has 0 amide bonds. The van der Waals surface area contributed by atoms with Crippen LogP contribution in [0.4, 0.5) is 0 Å². The van der Waals surface area contributed by atoms with E-state index in [1.165, 1.54) is 0 Å². The molecule has 3 aromatic carbocycles. The molecule has 8 heteroatoms. The maximum atomic E-state index is 6.32.